The average molecular weight is 676 g/mol. The van der Waals surface area contributed by atoms with Crippen molar-refractivity contribution in [3.05, 3.63) is 47.2 Å². The first-order valence-electron chi connectivity index (χ1n) is 17.7. The Hall–Kier alpha value is -4.65. The molecule has 4 aromatic rings. The Morgan fingerprint density at radius 3 is 2.55 bits per heavy atom. The van der Waals surface area contributed by atoms with Crippen molar-refractivity contribution in [1.29, 1.82) is 0 Å². The highest BCUT2D eigenvalue weighted by atomic mass is 19.3. The Balaban J connectivity index is 1.42. The number of likely N-dealkylation sites (tertiary alicyclic amines) is 1. The summed E-state index contributed by atoms with van der Waals surface area (Å²) in [5.74, 6) is 1.92. The maximum Gasteiger partial charge on any atom is 0.319 e. The lowest BCUT2D eigenvalue weighted by atomic mass is 9.69. The molecule has 0 amide bonds. The molecule has 0 saturated carbocycles. The first-order chi connectivity index (χ1) is 24.8. The largest absolute Gasteiger partial charge is 0.508 e. The number of terminal acetylenes is 2. The number of anilines is 1. The number of pyridine rings is 1. The number of piperidine rings is 1. The minimum absolute atomic E-state index is 0.0277. The van der Waals surface area contributed by atoms with Crippen molar-refractivity contribution in [3.63, 3.8) is 0 Å². The van der Waals surface area contributed by atoms with Crippen molar-refractivity contribution < 1.29 is 31.5 Å². The van der Waals surface area contributed by atoms with Crippen LogP contribution in [-0.4, -0.2) is 83.2 Å². The van der Waals surface area contributed by atoms with E-state index in [0.29, 0.717) is 18.5 Å². The monoisotopic (exact) mass is 675 g/mol. The fourth-order valence-electron chi connectivity index (χ4n) is 7.84. The van der Waals surface area contributed by atoms with Gasteiger partial charge in [-0.2, -0.15) is 9.97 Å². The van der Waals surface area contributed by atoms with Gasteiger partial charge in [0.2, 0.25) is 6.43 Å². The number of hydrogen-bond donors (Lipinski definition) is 2. The van der Waals surface area contributed by atoms with Gasteiger partial charge in [0.05, 0.1) is 17.6 Å². The van der Waals surface area contributed by atoms with E-state index in [1.54, 1.807) is 6.92 Å². The van der Waals surface area contributed by atoms with Crippen LogP contribution in [0, 0.1) is 47.7 Å². The molecule has 4 atom stereocenters. The van der Waals surface area contributed by atoms with Crippen molar-refractivity contribution in [3.8, 4) is 47.7 Å². The van der Waals surface area contributed by atoms with Gasteiger partial charge in [0.1, 0.15) is 34.3 Å². The number of rotatable bonds is 7. The van der Waals surface area contributed by atoms with Crippen LogP contribution in [-0.2, 0) is 0 Å². The number of ether oxygens (including phenoxy) is 1. The van der Waals surface area contributed by atoms with Crippen LogP contribution in [0.1, 0.15) is 48.0 Å². The molecule has 5 heterocycles. The Morgan fingerprint density at radius 2 is 1.88 bits per heavy atom. The molecule has 3 saturated heterocycles. The van der Waals surface area contributed by atoms with Gasteiger partial charge in [-0.15, -0.1) is 12.8 Å². The molecule has 0 spiro atoms. The molecule has 3 fully saturated rings. The molecule has 2 N–H and O–H groups in total. The third-order valence-electron chi connectivity index (χ3n) is 10.3. The summed E-state index contributed by atoms with van der Waals surface area (Å²) >= 11 is 0. The van der Waals surface area contributed by atoms with Gasteiger partial charge < -0.3 is 25.0 Å². The van der Waals surface area contributed by atoms with Gasteiger partial charge in [0.25, 0.3) is 0 Å². The third kappa shape index (κ3) is 5.67. The minimum atomic E-state index is -2.74. The van der Waals surface area contributed by atoms with Crippen molar-refractivity contribution in [2.75, 3.05) is 44.7 Å². The normalized spacial score (nSPS) is 25.2. The molecule has 8 nitrogen and oxygen atoms in total. The zero-order valence-corrected chi connectivity index (χ0v) is 26.7. The van der Waals surface area contributed by atoms with E-state index in [9.17, 15) is 18.3 Å². The van der Waals surface area contributed by atoms with Crippen LogP contribution in [0.3, 0.4) is 0 Å². The van der Waals surface area contributed by atoms with E-state index < -0.39 is 36.4 Å². The van der Waals surface area contributed by atoms with Crippen LogP contribution in [0.4, 0.5) is 23.4 Å². The predicted molar refractivity (Wildman–Crippen MR) is 180 cm³/mol. The zero-order chi connectivity index (χ0) is 37.1. The van der Waals surface area contributed by atoms with Gasteiger partial charge in [-0.25, -0.2) is 22.5 Å². The first kappa shape index (κ1) is 29.3. The van der Waals surface area contributed by atoms with Crippen LogP contribution in [0.5, 0.6) is 11.8 Å². The van der Waals surface area contributed by atoms with Crippen molar-refractivity contribution in [1.82, 2.24) is 25.2 Å². The number of aromatic nitrogens is 3. The van der Waals surface area contributed by atoms with Gasteiger partial charge in [-0.1, -0.05) is 18.9 Å². The second-order valence-electron chi connectivity index (χ2n) is 13.2. The van der Waals surface area contributed by atoms with Crippen molar-refractivity contribution in [2.45, 2.75) is 51.1 Å². The number of aromatic hydroxyl groups is 1. The van der Waals surface area contributed by atoms with E-state index in [4.69, 9.17) is 26.7 Å². The predicted octanol–water partition coefficient (Wildman–Crippen LogP) is 5.72. The fourth-order valence-corrected chi connectivity index (χ4v) is 7.84. The van der Waals surface area contributed by atoms with Crippen molar-refractivity contribution >= 4 is 27.5 Å². The molecular formula is C37H36F4N6O2. The lowest BCUT2D eigenvalue weighted by Crippen LogP contribution is -2.52. The minimum Gasteiger partial charge on any atom is -0.508 e. The lowest BCUT2D eigenvalue weighted by Gasteiger charge is -2.46. The Bertz CT molecular complexity index is 2140. The molecule has 0 aliphatic carbocycles. The molecule has 2 aromatic heterocycles. The number of phenols is 1. The number of benzene rings is 2. The second kappa shape index (κ2) is 12.7. The second-order valence-corrected chi connectivity index (χ2v) is 13.2. The molecule has 2 bridgehead atoms. The number of alkyl halides is 2. The average Bonchev–Trinajstić information content (AvgIpc) is 3.46. The Kier molecular flexibility index (Phi) is 7.57. The third-order valence-corrected chi connectivity index (χ3v) is 10.3. The summed E-state index contributed by atoms with van der Waals surface area (Å²) in [4.78, 5) is 16.8. The highest BCUT2D eigenvalue weighted by molar-refractivity contribution is 6.04. The number of hydrogen-bond acceptors (Lipinski definition) is 8. The van der Waals surface area contributed by atoms with Gasteiger partial charge in [-0.05, 0) is 68.7 Å². The molecule has 3 aliphatic heterocycles. The number of piperazine rings is 1. The van der Waals surface area contributed by atoms with Gasteiger partial charge in [-0.3, -0.25) is 0 Å². The van der Waals surface area contributed by atoms with Gasteiger partial charge in [0, 0.05) is 58.1 Å². The molecule has 49 heavy (non-hydrogen) atoms. The number of nitrogens with one attached hydrogen (secondary N) is 1. The summed E-state index contributed by atoms with van der Waals surface area (Å²) in [5.41, 5.74) is -2.17. The molecule has 0 unspecified atom stereocenters. The standard InChI is InChI=1S/C37H36F4N6O2/c1-5-24-27(38)11-8-20-14-23(48)15-25(29(20)24)32-31(39)33-30(28(6-2)43-32)35(47-16-21-9-10-22(17-47)42-21)45-36(44-33)49-19-37(7-3)18-46(4)13-12-26(37)34(40)41/h1-2,8,11,14-15,21-22,26,34,42,48H,7,9-10,12-13,16-19H2,3-4H3/t21-,22+,26-,37+/m1/s1/i4D3. The Morgan fingerprint density at radius 1 is 1.10 bits per heavy atom. The maximum absolute atomic E-state index is 17.1. The molecular weight excluding hydrogens is 636 g/mol. The lowest BCUT2D eigenvalue weighted by molar-refractivity contribution is -0.0798. The van der Waals surface area contributed by atoms with Gasteiger partial charge in [0.15, 0.2) is 5.82 Å². The zero-order valence-electron chi connectivity index (χ0n) is 29.7. The van der Waals surface area contributed by atoms with E-state index >= 15 is 4.39 Å². The molecule has 0 radical (unpaired) electrons. The SMILES string of the molecule is [2H]C([2H])([2H])N1CC[C@H](C(F)F)[C@](CC)(COc2nc(N3C[C@H]4CC[C@@H](C3)N4)c3c(C#C)nc(-c4cc(O)cc5ccc(F)c(C#C)c45)c(F)c3n2)C1. The van der Waals surface area contributed by atoms with Crippen LogP contribution < -0.4 is 15.0 Å². The smallest absolute Gasteiger partial charge is 0.319 e. The number of fused-ring (bicyclic) bond motifs is 4. The summed E-state index contributed by atoms with van der Waals surface area (Å²) < 4.78 is 91.2. The Labute approximate surface area is 286 Å². The number of nitrogens with zero attached hydrogens (tertiary/aromatic N) is 5. The molecule has 7 rings (SSSR count). The van der Waals surface area contributed by atoms with E-state index in [0.717, 1.165) is 18.9 Å². The van der Waals surface area contributed by atoms with E-state index in [2.05, 4.69) is 27.1 Å². The highest BCUT2D eigenvalue weighted by Crippen LogP contribution is 2.44. The highest BCUT2D eigenvalue weighted by Gasteiger charge is 2.47. The summed E-state index contributed by atoms with van der Waals surface area (Å²) in [5, 5.41) is 14.7. The van der Waals surface area contributed by atoms with E-state index in [1.165, 1.54) is 23.1 Å². The van der Waals surface area contributed by atoms with Crippen LogP contribution in [0.25, 0.3) is 32.9 Å². The molecule has 2 aromatic carbocycles. The molecule has 3 aliphatic rings. The summed E-state index contributed by atoms with van der Waals surface area (Å²) in [6, 6.07) is 5.04. The molecule has 254 valence electrons. The summed E-state index contributed by atoms with van der Waals surface area (Å²) in [6.07, 6.45) is 10.9. The number of phenolic OH excluding ortho intramolecular Hbond substituents is 1. The topological polar surface area (TPSA) is 86.6 Å². The molecule has 12 heteroatoms. The van der Waals surface area contributed by atoms with E-state index in [-0.39, 0.29) is 101 Å². The maximum atomic E-state index is 17.1. The fraction of sp³-hybridized carbons (Fsp3) is 0.432. The van der Waals surface area contributed by atoms with Crippen LogP contribution in [0.2, 0.25) is 0 Å². The first-order valence-corrected chi connectivity index (χ1v) is 16.2. The van der Waals surface area contributed by atoms with Crippen LogP contribution in [0.15, 0.2) is 24.3 Å². The van der Waals surface area contributed by atoms with E-state index in [1.807, 2.05) is 4.90 Å². The van der Waals surface area contributed by atoms with Crippen LogP contribution >= 0.6 is 0 Å². The summed E-state index contributed by atoms with van der Waals surface area (Å²) in [7, 11) is 0. The quantitative estimate of drug-likeness (QED) is 0.190. The summed E-state index contributed by atoms with van der Waals surface area (Å²) in [6.45, 7) is -0.382. The van der Waals surface area contributed by atoms with Gasteiger partial charge >= 0.3 is 6.01 Å². The number of halogens is 4. The van der Waals surface area contributed by atoms with Crippen molar-refractivity contribution in [2.24, 2.45) is 11.3 Å².